The highest BCUT2D eigenvalue weighted by molar-refractivity contribution is 7.16. The number of H-pyrrole nitrogens is 1. The Morgan fingerprint density at radius 2 is 2.26 bits per heavy atom. The Labute approximate surface area is 194 Å². The van der Waals surface area contributed by atoms with Crippen LogP contribution in [-0.4, -0.2) is 56.9 Å². The number of rotatable bonds is 4. The van der Waals surface area contributed by atoms with Crippen LogP contribution in [0, 0.1) is 6.92 Å². The normalized spacial score (nSPS) is 16.7. The second-order valence-electron chi connectivity index (χ2n) is 8.00. The molecule has 34 heavy (non-hydrogen) atoms. The van der Waals surface area contributed by atoms with Crippen molar-refractivity contribution < 1.29 is 13.6 Å². The van der Waals surface area contributed by atoms with Crippen LogP contribution in [0.5, 0.6) is 0 Å². The summed E-state index contributed by atoms with van der Waals surface area (Å²) in [5.41, 5.74) is 4.81. The summed E-state index contributed by atoms with van der Waals surface area (Å²) >= 11 is 0. The minimum atomic E-state index is -1.39. The molecule has 3 atom stereocenters. The van der Waals surface area contributed by atoms with Crippen molar-refractivity contribution >= 4 is 20.7 Å². The topological polar surface area (TPSA) is 123 Å². The number of carbonyl (C=O) groups is 1. The van der Waals surface area contributed by atoms with Gasteiger partial charge in [-0.15, -0.1) is 10.2 Å². The summed E-state index contributed by atoms with van der Waals surface area (Å²) in [4.78, 5) is 22.8. The van der Waals surface area contributed by atoms with Crippen LogP contribution in [0.1, 0.15) is 45.4 Å². The van der Waals surface area contributed by atoms with Gasteiger partial charge in [-0.1, -0.05) is 15.3 Å². The Hall–Kier alpha value is -3.92. The van der Waals surface area contributed by atoms with E-state index in [1.807, 2.05) is 40.6 Å². The second kappa shape index (κ2) is 7.84. The Kier molecular flexibility index (Phi) is 4.77. The third kappa shape index (κ3) is 3.29. The molecule has 172 valence electrons. The summed E-state index contributed by atoms with van der Waals surface area (Å²) < 4.78 is 22.0. The molecule has 0 saturated heterocycles. The number of carbonyl (C=O) groups excluding carboxylic acids is 1. The number of hydrogen-bond acceptors (Lipinski definition) is 7. The SMILES string of the molecule is Cc1cccn2nc([C@H]3c4nc[nH]c4CCN3C(=O)c3nnc(-c4cnn(C(F)P)c4)o3)cc12. The Bertz CT molecular complexity index is 1520. The van der Waals surface area contributed by atoms with Gasteiger partial charge in [0.25, 0.3) is 5.89 Å². The lowest BCUT2D eigenvalue weighted by atomic mass is 9.99. The first-order valence-electron chi connectivity index (χ1n) is 10.6. The van der Waals surface area contributed by atoms with E-state index in [4.69, 9.17) is 9.52 Å². The third-order valence-electron chi connectivity index (χ3n) is 5.91. The molecule has 6 heterocycles. The zero-order valence-corrected chi connectivity index (χ0v) is 19.1. The molecular formula is C21H19FN9O2P. The van der Waals surface area contributed by atoms with E-state index in [1.165, 1.54) is 12.4 Å². The number of imidazole rings is 1. The molecule has 13 heteroatoms. The Balaban J connectivity index is 1.37. The molecule has 0 aliphatic carbocycles. The number of nitrogens with zero attached hydrogens (tertiary/aromatic N) is 8. The number of hydrogen-bond donors (Lipinski definition) is 1. The van der Waals surface area contributed by atoms with Gasteiger partial charge in [0, 0.05) is 31.1 Å². The maximum atomic E-state index is 13.5. The predicted octanol–water partition coefficient (Wildman–Crippen LogP) is 2.70. The number of fused-ring (bicyclic) bond motifs is 2. The number of aromatic nitrogens is 8. The second-order valence-corrected chi connectivity index (χ2v) is 8.55. The molecule has 2 unspecified atom stereocenters. The molecule has 5 aromatic rings. The van der Waals surface area contributed by atoms with E-state index in [0.29, 0.717) is 24.2 Å². The van der Waals surface area contributed by atoms with Crippen molar-refractivity contribution in [2.75, 3.05) is 6.54 Å². The van der Waals surface area contributed by atoms with E-state index >= 15 is 0 Å². The van der Waals surface area contributed by atoms with Crippen molar-refractivity contribution in [3.05, 3.63) is 71.7 Å². The van der Waals surface area contributed by atoms with Gasteiger partial charge in [-0.05, 0) is 24.6 Å². The molecule has 1 aliphatic heterocycles. The molecule has 0 aromatic carbocycles. The first-order valence-corrected chi connectivity index (χ1v) is 11.2. The summed E-state index contributed by atoms with van der Waals surface area (Å²) in [5, 5.41) is 16.6. The van der Waals surface area contributed by atoms with E-state index in [-0.39, 0.29) is 11.8 Å². The quantitative estimate of drug-likeness (QED) is 0.393. The van der Waals surface area contributed by atoms with Crippen molar-refractivity contribution in [3.8, 4) is 11.5 Å². The highest BCUT2D eigenvalue weighted by atomic mass is 31.0. The molecule has 0 spiro atoms. The van der Waals surface area contributed by atoms with Gasteiger partial charge in [-0.3, -0.25) is 4.79 Å². The molecule has 0 radical (unpaired) electrons. The number of aryl methyl sites for hydroxylation is 1. The number of halogens is 1. The van der Waals surface area contributed by atoms with Crippen molar-refractivity contribution in [2.45, 2.75) is 25.4 Å². The van der Waals surface area contributed by atoms with Crippen molar-refractivity contribution in [2.24, 2.45) is 0 Å². The smallest absolute Gasteiger partial charge is 0.312 e. The zero-order valence-electron chi connectivity index (χ0n) is 18.0. The van der Waals surface area contributed by atoms with Gasteiger partial charge in [0.2, 0.25) is 6.04 Å². The molecule has 0 saturated carbocycles. The molecule has 1 N–H and O–H groups in total. The Morgan fingerprint density at radius 1 is 1.38 bits per heavy atom. The molecular weight excluding hydrogens is 460 g/mol. The molecule has 0 bridgehead atoms. The number of pyridine rings is 1. The van der Waals surface area contributed by atoms with Crippen molar-refractivity contribution in [1.29, 1.82) is 0 Å². The Morgan fingerprint density at radius 3 is 3.06 bits per heavy atom. The number of aromatic amines is 1. The van der Waals surface area contributed by atoms with Crippen LogP contribution in [0.25, 0.3) is 17.0 Å². The molecule has 6 rings (SSSR count). The monoisotopic (exact) mass is 479 g/mol. The number of nitrogens with one attached hydrogen (secondary N) is 1. The summed E-state index contributed by atoms with van der Waals surface area (Å²) in [5.74, 6) is -0.528. The number of amides is 1. The van der Waals surface area contributed by atoms with Gasteiger partial charge in [0.05, 0.1) is 35.0 Å². The zero-order chi connectivity index (χ0) is 23.4. The van der Waals surface area contributed by atoms with Crippen LogP contribution in [0.2, 0.25) is 0 Å². The van der Waals surface area contributed by atoms with Crippen LogP contribution in [0.15, 0.2) is 47.5 Å². The van der Waals surface area contributed by atoms with E-state index < -0.39 is 18.0 Å². The molecule has 1 amide bonds. The highest BCUT2D eigenvalue weighted by Crippen LogP contribution is 2.34. The van der Waals surface area contributed by atoms with Gasteiger partial charge in [-0.2, -0.15) is 10.2 Å². The fraction of sp³-hybridized carbons (Fsp3) is 0.238. The van der Waals surface area contributed by atoms with Crippen LogP contribution in [0.3, 0.4) is 0 Å². The minimum absolute atomic E-state index is 0.0811. The molecule has 0 fully saturated rings. The first kappa shape index (κ1) is 20.7. The van der Waals surface area contributed by atoms with Gasteiger partial charge >= 0.3 is 11.8 Å². The van der Waals surface area contributed by atoms with E-state index in [1.54, 1.807) is 15.7 Å². The van der Waals surface area contributed by atoms with Crippen LogP contribution in [-0.2, 0) is 6.42 Å². The lowest BCUT2D eigenvalue weighted by Gasteiger charge is -2.32. The minimum Gasteiger partial charge on any atom is -0.412 e. The van der Waals surface area contributed by atoms with Crippen LogP contribution in [0.4, 0.5) is 4.39 Å². The summed E-state index contributed by atoms with van der Waals surface area (Å²) in [6.07, 6.45) is 6.92. The maximum absolute atomic E-state index is 13.5. The summed E-state index contributed by atoms with van der Waals surface area (Å²) in [7, 11) is 2.00. The van der Waals surface area contributed by atoms with E-state index in [9.17, 15) is 9.18 Å². The third-order valence-corrected chi connectivity index (χ3v) is 6.21. The van der Waals surface area contributed by atoms with E-state index in [2.05, 4.69) is 25.3 Å². The fourth-order valence-electron chi connectivity index (χ4n) is 4.24. The van der Waals surface area contributed by atoms with Crippen LogP contribution >= 0.6 is 9.24 Å². The van der Waals surface area contributed by atoms with Crippen molar-refractivity contribution in [1.82, 2.24) is 44.5 Å². The molecule has 11 nitrogen and oxygen atoms in total. The highest BCUT2D eigenvalue weighted by Gasteiger charge is 2.38. The van der Waals surface area contributed by atoms with Gasteiger partial charge in [-0.25, -0.2) is 18.6 Å². The molecule has 5 aromatic heterocycles. The largest absolute Gasteiger partial charge is 0.412 e. The standard InChI is InChI=1S/C21H19FN9O2P/c1-11-3-2-5-30-15(11)7-14(28-30)17-16-13(23-10-24-16)4-6-29(17)20(32)19-27-26-18(33-19)12-8-25-31(9-12)21(22)34/h2-3,5,7-10,17,21H,4,6,34H2,1H3,(H,23,24)/t17-,21?/m0/s1. The number of alkyl halides is 1. The van der Waals surface area contributed by atoms with Gasteiger partial charge < -0.3 is 14.3 Å². The van der Waals surface area contributed by atoms with Gasteiger partial charge in [0.15, 0.2) is 0 Å². The van der Waals surface area contributed by atoms with Gasteiger partial charge in [0.1, 0.15) is 6.04 Å². The average Bonchev–Trinajstić information content (AvgIpc) is 3.62. The van der Waals surface area contributed by atoms with Crippen molar-refractivity contribution in [3.63, 3.8) is 0 Å². The maximum Gasteiger partial charge on any atom is 0.312 e. The van der Waals surface area contributed by atoms with Crippen LogP contribution < -0.4 is 0 Å². The summed E-state index contributed by atoms with van der Waals surface area (Å²) in [6, 6.07) is 3.99. The predicted molar refractivity (Wildman–Crippen MR) is 120 cm³/mol. The lowest BCUT2D eigenvalue weighted by molar-refractivity contribution is 0.0646. The lowest BCUT2D eigenvalue weighted by Crippen LogP contribution is -2.41. The fourth-order valence-corrected chi connectivity index (χ4v) is 4.40. The average molecular weight is 479 g/mol. The van der Waals surface area contributed by atoms with E-state index in [0.717, 1.165) is 27.1 Å². The first-order chi connectivity index (χ1) is 16.5. The summed E-state index contributed by atoms with van der Waals surface area (Å²) in [6.45, 7) is 2.42. The molecule has 1 aliphatic rings.